The minimum absolute atomic E-state index is 0.315. The second-order valence-electron chi connectivity index (χ2n) is 4.35. The van der Waals surface area contributed by atoms with E-state index in [4.69, 9.17) is 25.8 Å². The molecule has 0 aliphatic rings. The third-order valence-electron chi connectivity index (χ3n) is 3.24. The summed E-state index contributed by atoms with van der Waals surface area (Å²) in [6.07, 6.45) is -0.923. The Bertz CT molecular complexity index is 628. The molecule has 2 rings (SSSR count). The van der Waals surface area contributed by atoms with Gasteiger partial charge in [0.25, 0.3) is 0 Å². The van der Waals surface area contributed by atoms with E-state index in [1.54, 1.807) is 31.4 Å². The zero-order valence-electron chi connectivity index (χ0n) is 12.1. The summed E-state index contributed by atoms with van der Waals surface area (Å²) >= 11 is 6.33. The average molecular weight is 309 g/mol. The minimum Gasteiger partial charge on any atom is -0.496 e. The highest BCUT2D eigenvalue weighted by Crippen LogP contribution is 2.42. The highest BCUT2D eigenvalue weighted by Gasteiger charge is 2.22. The Kier molecular flexibility index (Phi) is 4.94. The molecule has 0 amide bonds. The number of para-hydroxylation sites is 1. The summed E-state index contributed by atoms with van der Waals surface area (Å²) in [5, 5.41) is 10.9. The van der Waals surface area contributed by atoms with Crippen LogP contribution in [0.3, 0.4) is 0 Å². The molecule has 2 aromatic rings. The van der Waals surface area contributed by atoms with Gasteiger partial charge >= 0.3 is 0 Å². The quantitative estimate of drug-likeness (QED) is 0.919. The fraction of sp³-hybridized carbons (Fsp3) is 0.250. The van der Waals surface area contributed by atoms with E-state index in [9.17, 15) is 5.11 Å². The van der Waals surface area contributed by atoms with Gasteiger partial charge in [-0.1, -0.05) is 35.9 Å². The first-order valence-electron chi connectivity index (χ1n) is 6.35. The monoisotopic (exact) mass is 308 g/mol. The molecule has 1 N–H and O–H groups in total. The Morgan fingerprint density at radius 1 is 0.857 bits per heavy atom. The van der Waals surface area contributed by atoms with Crippen LogP contribution in [-0.2, 0) is 0 Å². The number of ether oxygens (including phenoxy) is 3. The van der Waals surface area contributed by atoms with Gasteiger partial charge in [0.15, 0.2) is 11.5 Å². The molecule has 4 nitrogen and oxygen atoms in total. The molecule has 112 valence electrons. The zero-order chi connectivity index (χ0) is 15.4. The number of hydrogen-bond acceptors (Lipinski definition) is 4. The van der Waals surface area contributed by atoms with Crippen LogP contribution >= 0.6 is 11.6 Å². The van der Waals surface area contributed by atoms with E-state index >= 15 is 0 Å². The van der Waals surface area contributed by atoms with Gasteiger partial charge in [-0.2, -0.15) is 0 Å². The number of aliphatic hydroxyl groups excluding tert-OH is 1. The van der Waals surface area contributed by atoms with E-state index in [0.29, 0.717) is 33.4 Å². The Balaban J connectivity index is 2.51. The molecule has 21 heavy (non-hydrogen) atoms. The molecule has 0 bridgehead atoms. The molecule has 0 saturated carbocycles. The fourth-order valence-corrected chi connectivity index (χ4v) is 2.51. The number of rotatable bonds is 5. The largest absolute Gasteiger partial charge is 0.496 e. The predicted molar refractivity (Wildman–Crippen MR) is 81.6 cm³/mol. The smallest absolute Gasteiger partial charge is 0.179 e. The fourth-order valence-electron chi connectivity index (χ4n) is 2.18. The first-order chi connectivity index (χ1) is 10.1. The standard InChI is InChI=1S/C16H17ClO4/c1-19-12-7-5-4-6-10(12)15(18)11-8-9-13(20-2)16(21-3)14(11)17/h4-9,15,18H,1-3H3. The van der Waals surface area contributed by atoms with Crippen LogP contribution in [0.15, 0.2) is 36.4 Å². The third kappa shape index (κ3) is 2.91. The van der Waals surface area contributed by atoms with Crippen molar-refractivity contribution in [2.24, 2.45) is 0 Å². The first-order valence-corrected chi connectivity index (χ1v) is 6.73. The summed E-state index contributed by atoms with van der Waals surface area (Å²) < 4.78 is 15.7. The maximum Gasteiger partial charge on any atom is 0.179 e. The highest BCUT2D eigenvalue weighted by atomic mass is 35.5. The van der Waals surface area contributed by atoms with Crippen LogP contribution in [0.2, 0.25) is 5.02 Å². The third-order valence-corrected chi connectivity index (χ3v) is 3.63. The summed E-state index contributed by atoms with van der Waals surface area (Å²) in [6, 6.07) is 10.7. The van der Waals surface area contributed by atoms with Crippen LogP contribution in [0, 0.1) is 0 Å². The van der Waals surface area contributed by atoms with E-state index in [2.05, 4.69) is 0 Å². The molecule has 0 spiro atoms. The molecule has 0 fully saturated rings. The molecule has 0 radical (unpaired) electrons. The van der Waals surface area contributed by atoms with Crippen molar-refractivity contribution >= 4 is 11.6 Å². The van der Waals surface area contributed by atoms with E-state index < -0.39 is 6.10 Å². The van der Waals surface area contributed by atoms with Gasteiger partial charge in [0.2, 0.25) is 0 Å². The van der Waals surface area contributed by atoms with Gasteiger partial charge in [0, 0.05) is 11.1 Å². The van der Waals surface area contributed by atoms with Gasteiger partial charge in [-0.25, -0.2) is 0 Å². The first kappa shape index (κ1) is 15.5. The maximum atomic E-state index is 10.6. The summed E-state index contributed by atoms with van der Waals surface area (Å²) in [4.78, 5) is 0. The van der Waals surface area contributed by atoms with Gasteiger partial charge in [-0.3, -0.25) is 0 Å². The maximum absolute atomic E-state index is 10.6. The van der Waals surface area contributed by atoms with Crippen LogP contribution in [0.1, 0.15) is 17.2 Å². The number of benzene rings is 2. The Morgan fingerprint density at radius 2 is 1.52 bits per heavy atom. The van der Waals surface area contributed by atoms with Crippen LogP contribution in [-0.4, -0.2) is 26.4 Å². The number of halogens is 1. The van der Waals surface area contributed by atoms with E-state index in [0.717, 1.165) is 0 Å². The van der Waals surface area contributed by atoms with Crippen LogP contribution < -0.4 is 14.2 Å². The van der Waals surface area contributed by atoms with Crippen molar-refractivity contribution in [1.82, 2.24) is 0 Å². The molecule has 0 aliphatic carbocycles. The summed E-state index contributed by atoms with van der Waals surface area (Å²) in [7, 11) is 4.59. The van der Waals surface area contributed by atoms with Crippen molar-refractivity contribution < 1.29 is 19.3 Å². The Hall–Kier alpha value is -1.91. The molecule has 1 unspecified atom stereocenters. The molecule has 0 saturated heterocycles. The van der Waals surface area contributed by atoms with Gasteiger partial charge in [-0.05, 0) is 12.1 Å². The predicted octanol–water partition coefficient (Wildman–Crippen LogP) is 3.45. The molecule has 0 heterocycles. The van der Waals surface area contributed by atoms with Gasteiger partial charge < -0.3 is 19.3 Å². The molecular weight excluding hydrogens is 292 g/mol. The van der Waals surface area contributed by atoms with Crippen LogP contribution in [0.25, 0.3) is 0 Å². The molecule has 1 atom stereocenters. The van der Waals surface area contributed by atoms with Crippen molar-refractivity contribution in [3.8, 4) is 17.2 Å². The zero-order valence-corrected chi connectivity index (χ0v) is 12.8. The lowest BCUT2D eigenvalue weighted by atomic mass is 10.00. The van der Waals surface area contributed by atoms with Gasteiger partial charge in [-0.15, -0.1) is 0 Å². The normalized spacial score (nSPS) is 11.9. The molecule has 5 heteroatoms. The average Bonchev–Trinajstić information content (AvgIpc) is 2.53. The molecular formula is C16H17ClO4. The molecule has 0 aliphatic heterocycles. The summed E-state index contributed by atoms with van der Waals surface area (Å²) in [5.41, 5.74) is 1.16. The molecule has 2 aromatic carbocycles. The minimum atomic E-state index is -0.923. The van der Waals surface area contributed by atoms with Crippen molar-refractivity contribution in [2.45, 2.75) is 6.10 Å². The topological polar surface area (TPSA) is 47.9 Å². The summed E-state index contributed by atoms with van der Waals surface area (Å²) in [5.74, 6) is 1.50. The van der Waals surface area contributed by atoms with Crippen molar-refractivity contribution in [2.75, 3.05) is 21.3 Å². The van der Waals surface area contributed by atoms with Crippen molar-refractivity contribution in [3.05, 3.63) is 52.5 Å². The number of methoxy groups -OCH3 is 3. The second kappa shape index (κ2) is 6.70. The molecule has 0 aromatic heterocycles. The van der Waals surface area contributed by atoms with Crippen molar-refractivity contribution in [1.29, 1.82) is 0 Å². The number of aliphatic hydroxyl groups is 1. The lowest BCUT2D eigenvalue weighted by molar-refractivity contribution is 0.214. The Labute approximate surface area is 128 Å². The van der Waals surface area contributed by atoms with Gasteiger partial charge in [0.05, 0.1) is 26.4 Å². The van der Waals surface area contributed by atoms with Crippen LogP contribution in [0.4, 0.5) is 0 Å². The van der Waals surface area contributed by atoms with E-state index in [1.807, 2.05) is 12.1 Å². The summed E-state index contributed by atoms with van der Waals surface area (Å²) in [6.45, 7) is 0. The Morgan fingerprint density at radius 3 is 2.14 bits per heavy atom. The highest BCUT2D eigenvalue weighted by molar-refractivity contribution is 6.33. The second-order valence-corrected chi connectivity index (χ2v) is 4.73. The lowest BCUT2D eigenvalue weighted by Gasteiger charge is -2.18. The van der Waals surface area contributed by atoms with E-state index in [1.165, 1.54) is 14.2 Å². The number of hydrogen-bond donors (Lipinski definition) is 1. The SMILES string of the molecule is COc1ccccc1C(O)c1ccc(OC)c(OC)c1Cl. The van der Waals surface area contributed by atoms with Gasteiger partial charge in [0.1, 0.15) is 11.9 Å². The van der Waals surface area contributed by atoms with E-state index in [-0.39, 0.29) is 0 Å². The van der Waals surface area contributed by atoms with Crippen LogP contribution in [0.5, 0.6) is 17.2 Å². The van der Waals surface area contributed by atoms with Crippen molar-refractivity contribution in [3.63, 3.8) is 0 Å². The lowest BCUT2D eigenvalue weighted by Crippen LogP contribution is -2.04.